The quantitative estimate of drug-likeness (QED) is 0.581. The third kappa shape index (κ3) is 1.93. The fourth-order valence-corrected chi connectivity index (χ4v) is 1.49. The number of Topliss-reactive ketones (excluding diaryl/α,β-unsaturated/α-hetero) is 1. The van der Waals surface area contributed by atoms with Crippen molar-refractivity contribution in [1.82, 2.24) is 0 Å². The Bertz CT molecular complexity index is 345. The van der Waals surface area contributed by atoms with Crippen molar-refractivity contribution in [2.75, 3.05) is 18.9 Å². The van der Waals surface area contributed by atoms with E-state index >= 15 is 0 Å². The number of ether oxygens (including phenoxy) is 1. The van der Waals surface area contributed by atoms with Crippen molar-refractivity contribution < 1.29 is 9.53 Å². The third-order valence-electron chi connectivity index (χ3n) is 2.39. The van der Waals surface area contributed by atoms with Crippen molar-refractivity contribution in [2.45, 2.75) is 6.42 Å². The van der Waals surface area contributed by atoms with Gasteiger partial charge in [-0.3, -0.25) is 4.79 Å². The highest BCUT2D eigenvalue weighted by Gasteiger charge is 2.22. The Morgan fingerprint density at radius 2 is 2.29 bits per heavy atom. The maximum Gasteiger partial charge on any atom is 0.163 e. The monoisotopic (exact) mass is 191 g/mol. The van der Waals surface area contributed by atoms with Gasteiger partial charge in [-0.15, -0.1) is 0 Å². The van der Waals surface area contributed by atoms with Crippen LogP contribution in [-0.2, 0) is 4.74 Å². The van der Waals surface area contributed by atoms with Crippen molar-refractivity contribution >= 4 is 11.5 Å². The predicted molar refractivity (Wildman–Crippen MR) is 54.1 cm³/mol. The average molecular weight is 191 g/mol. The van der Waals surface area contributed by atoms with Gasteiger partial charge in [0.25, 0.3) is 0 Å². The van der Waals surface area contributed by atoms with Gasteiger partial charge in [-0.05, 0) is 12.1 Å². The highest BCUT2D eigenvalue weighted by atomic mass is 16.5. The molecule has 1 aromatic carbocycles. The fourth-order valence-electron chi connectivity index (χ4n) is 1.49. The molecule has 1 aliphatic heterocycles. The molecule has 0 unspecified atom stereocenters. The van der Waals surface area contributed by atoms with Crippen LogP contribution in [0.15, 0.2) is 24.3 Å². The predicted octanol–water partition coefficient (Wildman–Crippen LogP) is 1.49. The van der Waals surface area contributed by atoms with E-state index < -0.39 is 0 Å². The number of carbonyl (C=O) groups excluding carboxylic acids is 1. The zero-order chi connectivity index (χ0) is 9.97. The van der Waals surface area contributed by atoms with Gasteiger partial charge < -0.3 is 10.5 Å². The SMILES string of the molecule is Nc1cccc(C(=O)CC2COC2)c1. The lowest BCUT2D eigenvalue weighted by atomic mass is 9.97. The van der Waals surface area contributed by atoms with E-state index in [1.165, 1.54) is 0 Å². The van der Waals surface area contributed by atoms with Gasteiger partial charge in [-0.2, -0.15) is 0 Å². The van der Waals surface area contributed by atoms with Crippen LogP contribution in [0.5, 0.6) is 0 Å². The highest BCUT2D eigenvalue weighted by Crippen LogP contribution is 2.18. The topological polar surface area (TPSA) is 52.3 Å². The molecule has 0 radical (unpaired) electrons. The van der Waals surface area contributed by atoms with Crippen LogP contribution in [0.3, 0.4) is 0 Å². The minimum absolute atomic E-state index is 0.158. The minimum Gasteiger partial charge on any atom is -0.399 e. The van der Waals surface area contributed by atoms with E-state index in [0.29, 0.717) is 36.8 Å². The summed E-state index contributed by atoms with van der Waals surface area (Å²) in [6.45, 7) is 1.43. The van der Waals surface area contributed by atoms with Crippen LogP contribution in [0.25, 0.3) is 0 Å². The maximum absolute atomic E-state index is 11.7. The van der Waals surface area contributed by atoms with Crippen LogP contribution >= 0.6 is 0 Å². The van der Waals surface area contributed by atoms with Crippen LogP contribution in [0.1, 0.15) is 16.8 Å². The molecule has 3 nitrogen and oxygen atoms in total. The van der Waals surface area contributed by atoms with Crippen molar-refractivity contribution in [3.63, 3.8) is 0 Å². The summed E-state index contributed by atoms with van der Waals surface area (Å²) in [4.78, 5) is 11.7. The summed E-state index contributed by atoms with van der Waals surface area (Å²) in [6, 6.07) is 7.11. The van der Waals surface area contributed by atoms with Gasteiger partial charge in [0.2, 0.25) is 0 Å². The van der Waals surface area contributed by atoms with E-state index in [1.807, 2.05) is 0 Å². The molecule has 0 bridgehead atoms. The van der Waals surface area contributed by atoms with Crippen molar-refractivity contribution in [3.05, 3.63) is 29.8 Å². The summed E-state index contributed by atoms with van der Waals surface area (Å²) in [5.41, 5.74) is 6.94. The molecule has 74 valence electrons. The Kier molecular flexibility index (Phi) is 2.50. The van der Waals surface area contributed by atoms with Crippen molar-refractivity contribution in [2.24, 2.45) is 5.92 Å². The zero-order valence-corrected chi connectivity index (χ0v) is 7.90. The Balaban J connectivity index is 2.02. The van der Waals surface area contributed by atoms with E-state index in [1.54, 1.807) is 24.3 Å². The summed E-state index contributed by atoms with van der Waals surface area (Å²) < 4.78 is 5.02. The standard InChI is InChI=1S/C11H13NO2/c12-10-3-1-2-9(5-10)11(13)4-8-6-14-7-8/h1-3,5,8H,4,6-7,12H2. The number of rotatable bonds is 3. The van der Waals surface area contributed by atoms with Crippen molar-refractivity contribution in [1.29, 1.82) is 0 Å². The van der Waals surface area contributed by atoms with Gasteiger partial charge in [0.1, 0.15) is 0 Å². The van der Waals surface area contributed by atoms with Gasteiger partial charge in [0, 0.05) is 23.6 Å². The molecule has 1 heterocycles. The van der Waals surface area contributed by atoms with Gasteiger partial charge in [-0.25, -0.2) is 0 Å². The largest absolute Gasteiger partial charge is 0.399 e. The summed E-state index contributed by atoms with van der Waals surface area (Å²) >= 11 is 0. The second-order valence-electron chi connectivity index (χ2n) is 3.66. The lowest BCUT2D eigenvalue weighted by molar-refractivity contribution is -0.0321. The third-order valence-corrected chi connectivity index (χ3v) is 2.39. The van der Waals surface area contributed by atoms with Crippen molar-refractivity contribution in [3.8, 4) is 0 Å². The molecular weight excluding hydrogens is 178 g/mol. The molecule has 2 N–H and O–H groups in total. The second kappa shape index (κ2) is 3.80. The van der Waals surface area contributed by atoms with Gasteiger partial charge >= 0.3 is 0 Å². The summed E-state index contributed by atoms with van der Waals surface area (Å²) in [5, 5.41) is 0. The van der Waals surface area contributed by atoms with Crippen LogP contribution in [-0.4, -0.2) is 19.0 Å². The number of benzene rings is 1. The number of hydrogen-bond donors (Lipinski definition) is 1. The first-order chi connectivity index (χ1) is 6.75. The summed E-state index contributed by atoms with van der Waals surface area (Å²) in [7, 11) is 0. The smallest absolute Gasteiger partial charge is 0.163 e. The molecule has 0 amide bonds. The highest BCUT2D eigenvalue weighted by molar-refractivity contribution is 5.97. The Morgan fingerprint density at radius 1 is 1.50 bits per heavy atom. The molecule has 0 aliphatic carbocycles. The molecule has 1 saturated heterocycles. The summed E-state index contributed by atoms with van der Waals surface area (Å²) in [6.07, 6.45) is 0.573. The molecule has 14 heavy (non-hydrogen) atoms. The normalized spacial score (nSPS) is 16.3. The van der Waals surface area contributed by atoms with Crippen LogP contribution in [0.4, 0.5) is 5.69 Å². The lowest BCUT2D eigenvalue weighted by Gasteiger charge is -2.25. The van der Waals surface area contributed by atoms with E-state index in [2.05, 4.69) is 0 Å². The van der Waals surface area contributed by atoms with Crippen LogP contribution in [0, 0.1) is 5.92 Å². The number of anilines is 1. The number of hydrogen-bond acceptors (Lipinski definition) is 3. The Morgan fingerprint density at radius 3 is 2.86 bits per heavy atom. The Labute approximate surface area is 82.9 Å². The molecule has 2 rings (SSSR count). The van der Waals surface area contributed by atoms with Crippen LogP contribution < -0.4 is 5.73 Å². The van der Waals surface area contributed by atoms with Crippen LogP contribution in [0.2, 0.25) is 0 Å². The fraction of sp³-hybridized carbons (Fsp3) is 0.364. The number of nitrogens with two attached hydrogens (primary N) is 1. The first-order valence-electron chi connectivity index (χ1n) is 4.72. The molecule has 1 aromatic rings. The van der Waals surface area contributed by atoms with Gasteiger partial charge in [0.15, 0.2) is 5.78 Å². The molecule has 0 spiro atoms. The molecule has 1 fully saturated rings. The Hall–Kier alpha value is -1.35. The zero-order valence-electron chi connectivity index (χ0n) is 7.90. The first-order valence-corrected chi connectivity index (χ1v) is 4.72. The molecule has 0 atom stereocenters. The van der Waals surface area contributed by atoms with E-state index in [-0.39, 0.29) is 5.78 Å². The van der Waals surface area contributed by atoms with E-state index in [0.717, 1.165) is 0 Å². The molecule has 1 aliphatic rings. The maximum atomic E-state index is 11.7. The summed E-state index contributed by atoms with van der Waals surface area (Å²) in [5.74, 6) is 0.564. The molecule has 3 heteroatoms. The van der Waals surface area contributed by atoms with E-state index in [9.17, 15) is 4.79 Å². The van der Waals surface area contributed by atoms with Gasteiger partial charge in [0.05, 0.1) is 13.2 Å². The first kappa shape index (κ1) is 9.21. The number of carbonyl (C=O) groups is 1. The number of nitrogen functional groups attached to an aromatic ring is 1. The lowest BCUT2D eigenvalue weighted by Crippen LogP contribution is -2.29. The molecule has 0 saturated carbocycles. The second-order valence-corrected chi connectivity index (χ2v) is 3.66. The number of ketones is 1. The minimum atomic E-state index is 0.158. The molecular formula is C11H13NO2. The molecule has 0 aromatic heterocycles. The average Bonchev–Trinajstić information content (AvgIpc) is 2.11. The van der Waals surface area contributed by atoms with E-state index in [4.69, 9.17) is 10.5 Å². The van der Waals surface area contributed by atoms with Gasteiger partial charge in [-0.1, -0.05) is 12.1 Å².